The Morgan fingerprint density at radius 3 is 2.17 bits per heavy atom. The van der Waals surface area contributed by atoms with Crippen molar-refractivity contribution in [2.24, 2.45) is 5.92 Å². The van der Waals surface area contributed by atoms with Crippen molar-refractivity contribution in [2.45, 2.75) is 26.3 Å². The van der Waals surface area contributed by atoms with Crippen LogP contribution in [-0.4, -0.2) is 29.6 Å². The minimum Gasteiger partial charge on any atom is -0.481 e. The molecule has 36 heavy (non-hydrogen) atoms. The molecule has 1 aliphatic rings. The molecule has 1 amide bonds. The third-order valence-electron chi connectivity index (χ3n) is 6.16. The first kappa shape index (κ1) is 24.7. The van der Waals surface area contributed by atoms with Gasteiger partial charge in [-0.1, -0.05) is 60.7 Å². The average Bonchev–Trinajstić information content (AvgIpc) is 3.13. The molecule has 4 rings (SSSR count). The van der Waals surface area contributed by atoms with Gasteiger partial charge in [0, 0.05) is 17.1 Å². The second-order valence-corrected chi connectivity index (χ2v) is 8.51. The molecule has 0 spiro atoms. The summed E-state index contributed by atoms with van der Waals surface area (Å²) in [6.07, 6.45) is -0.114. The molecule has 3 aromatic rings. The molecular weight excluding hydrogens is 456 g/mol. The maximum atomic E-state index is 14.0. The van der Waals surface area contributed by atoms with E-state index in [4.69, 9.17) is 9.84 Å². The van der Waals surface area contributed by atoms with Gasteiger partial charge in [0.2, 0.25) is 5.91 Å². The normalized spacial score (nSPS) is 16.1. The lowest BCUT2D eigenvalue weighted by atomic mass is 9.87. The van der Waals surface area contributed by atoms with E-state index in [1.165, 1.54) is 4.90 Å². The van der Waals surface area contributed by atoms with Crippen molar-refractivity contribution < 1.29 is 24.2 Å². The minimum absolute atomic E-state index is 0.114. The van der Waals surface area contributed by atoms with Crippen LogP contribution >= 0.6 is 0 Å². The number of hydrogen-bond acceptors (Lipinski definition) is 5. The number of carbonyl (C=O) groups is 3. The number of amides is 1. The topological polar surface area (TPSA) is 95.9 Å². The number of carbonyl (C=O) groups excluding carboxylic acids is 2. The Hall–Kier alpha value is -4.39. The van der Waals surface area contributed by atoms with Gasteiger partial charge in [0.05, 0.1) is 30.6 Å². The minimum atomic E-state index is -0.932. The summed E-state index contributed by atoms with van der Waals surface area (Å²) in [7, 11) is 0. The monoisotopic (exact) mass is 484 g/mol. The number of nitrogens with zero attached hydrogens (tertiary/aromatic N) is 1. The number of nitrogens with one attached hydrogen (secondary N) is 1. The first-order chi connectivity index (χ1) is 17.4. The van der Waals surface area contributed by atoms with Crippen LogP contribution in [0.5, 0.6) is 0 Å². The lowest BCUT2D eigenvalue weighted by Gasteiger charge is -2.27. The Morgan fingerprint density at radius 2 is 1.58 bits per heavy atom. The second-order valence-electron chi connectivity index (χ2n) is 8.51. The number of esters is 1. The molecule has 1 aliphatic heterocycles. The van der Waals surface area contributed by atoms with E-state index in [1.54, 1.807) is 38.1 Å². The number of carboxylic acid groups (broad SMARTS) is 1. The zero-order chi connectivity index (χ0) is 25.7. The van der Waals surface area contributed by atoms with Crippen LogP contribution in [0.2, 0.25) is 0 Å². The fourth-order valence-corrected chi connectivity index (χ4v) is 4.56. The van der Waals surface area contributed by atoms with Gasteiger partial charge < -0.3 is 15.2 Å². The van der Waals surface area contributed by atoms with Crippen LogP contribution < -0.4 is 10.2 Å². The van der Waals surface area contributed by atoms with Crippen LogP contribution in [0.4, 0.5) is 11.4 Å². The van der Waals surface area contributed by atoms with E-state index in [0.717, 1.165) is 11.3 Å². The van der Waals surface area contributed by atoms with Crippen molar-refractivity contribution in [3.8, 4) is 0 Å². The lowest BCUT2D eigenvalue weighted by molar-refractivity contribution is -0.140. The maximum Gasteiger partial charge on any atom is 0.336 e. The third kappa shape index (κ3) is 5.15. The summed E-state index contributed by atoms with van der Waals surface area (Å²) < 4.78 is 5.39. The highest BCUT2D eigenvalue weighted by molar-refractivity contribution is 6.11. The number of anilines is 2. The van der Waals surface area contributed by atoms with E-state index in [2.05, 4.69) is 5.32 Å². The van der Waals surface area contributed by atoms with E-state index < -0.39 is 23.9 Å². The van der Waals surface area contributed by atoms with Crippen LogP contribution in [0.3, 0.4) is 0 Å². The van der Waals surface area contributed by atoms with Gasteiger partial charge in [0.15, 0.2) is 0 Å². The molecule has 184 valence electrons. The van der Waals surface area contributed by atoms with Gasteiger partial charge in [-0.05, 0) is 49.2 Å². The Labute approximate surface area is 210 Å². The fraction of sp³-hybridized carbons (Fsp3) is 0.207. The van der Waals surface area contributed by atoms with Gasteiger partial charge in [-0.3, -0.25) is 14.5 Å². The van der Waals surface area contributed by atoms with Crippen molar-refractivity contribution in [1.82, 2.24) is 0 Å². The molecule has 2 N–H and O–H groups in total. The number of rotatable bonds is 9. The molecule has 7 heteroatoms. The van der Waals surface area contributed by atoms with Crippen LogP contribution in [0, 0.1) is 5.92 Å². The van der Waals surface area contributed by atoms with E-state index in [9.17, 15) is 14.4 Å². The van der Waals surface area contributed by atoms with Gasteiger partial charge in [-0.25, -0.2) is 4.79 Å². The summed E-state index contributed by atoms with van der Waals surface area (Å²) in [6, 6.07) is 25.3. The summed E-state index contributed by atoms with van der Waals surface area (Å²) in [5, 5.41) is 12.5. The van der Waals surface area contributed by atoms with Crippen LogP contribution in [0.25, 0.3) is 0 Å². The largest absolute Gasteiger partial charge is 0.481 e. The quantitative estimate of drug-likeness (QED) is 0.417. The SMILES string of the molecule is CCOC(=O)C1=C(C)N(c2ccc(CC(=O)O)cc2)C(=O)C1C(Nc1ccccc1)c1ccccc1. The molecule has 0 fully saturated rings. The molecule has 0 bridgehead atoms. The number of hydrogen-bond donors (Lipinski definition) is 2. The number of ether oxygens (including phenoxy) is 1. The predicted molar refractivity (Wildman–Crippen MR) is 137 cm³/mol. The van der Waals surface area contributed by atoms with Gasteiger partial charge in [-0.2, -0.15) is 0 Å². The Kier molecular flexibility index (Phi) is 7.49. The van der Waals surface area contributed by atoms with E-state index >= 15 is 0 Å². The Balaban J connectivity index is 1.79. The molecule has 3 aromatic carbocycles. The number of carboxylic acids is 1. The molecule has 0 radical (unpaired) electrons. The van der Waals surface area contributed by atoms with Crippen LogP contribution in [0.15, 0.2) is 96.2 Å². The Bertz CT molecular complexity index is 1270. The molecule has 1 heterocycles. The van der Waals surface area contributed by atoms with Gasteiger partial charge in [0.25, 0.3) is 0 Å². The molecule has 0 aromatic heterocycles. The summed E-state index contributed by atoms with van der Waals surface area (Å²) in [5.41, 5.74) is 3.64. The van der Waals surface area contributed by atoms with E-state index in [1.807, 2.05) is 60.7 Å². The highest BCUT2D eigenvalue weighted by atomic mass is 16.5. The van der Waals surface area contributed by atoms with Crippen molar-refractivity contribution >= 4 is 29.2 Å². The zero-order valence-electron chi connectivity index (χ0n) is 20.2. The number of benzene rings is 3. The van der Waals surface area contributed by atoms with Crippen molar-refractivity contribution in [2.75, 3.05) is 16.8 Å². The summed E-state index contributed by atoms with van der Waals surface area (Å²) in [5.74, 6) is -2.57. The van der Waals surface area contributed by atoms with Crippen molar-refractivity contribution in [3.63, 3.8) is 0 Å². The van der Waals surface area contributed by atoms with Gasteiger partial charge >= 0.3 is 11.9 Å². The summed E-state index contributed by atoms with van der Waals surface area (Å²) >= 11 is 0. The fourth-order valence-electron chi connectivity index (χ4n) is 4.56. The third-order valence-corrected chi connectivity index (χ3v) is 6.16. The second kappa shape index (κ2) is 10.9. The molecule has 0 saturated carbocycles. The molecule has 2 unspecified atom stereocenters. The first-order valence-electron chi connectivity index (χ1n) is 11.8. The number of aliphatic carboxylic acids is 1. The Morgan fingerprint density at radius 1 is 0.972 bits per heavy atom. The van der Waals surface area contributed by atoms with E-state index in [-0.39, 0.29) is 18.9 Å². The molecule has 0 saturated heterocycles. The van der Waals surface area contributed by atoms with Crippen molar-refractivity contribution in [1.29, 1.82) is 0 Å². The molecular formula is C29H28N2O5. The van der Waals surface area contributed by atoms with Gasteiger partial charge in [-0.15, -0.1) is 0 Å². The summed E-state index contributed by atoms with van der Waals surface area (Å²) in [4.78, 5) is 39.8. The molecule has 0 aliphatic carbocycles. The van der Waals surface area contributed by atoms with Crippen molar-refractivity contribution in [3.05, 3.63) is 107 Å². The molecule has 2 atom stereocenters. The van der Waals surface area contributed by atoms with Gasteiger partial charge in [0.1, 0.15) is 0 Å². The summed E-state index contributed by atoms with van der Waals surface area (Å²) in [6.45, 7) is 3.65. The maximum absolute atomic E-state index is 14.0. The molecule has 7 nitrogen and oxygen atoms in total. The predicted octanol–water partition coefficient (Wildman–Crippen LogP) is 4.97. The highest BCUT2D eigenvalue weighted by Crippen LogP contribution is 2.42. The standard InChI is InChI=1S/C29H28N2O5/c1-3-36-29(35)25-19(2)31(23-16-14-20(15-17-23)18-24(32)33)28(34)26(25)27(21-10-6-4-7-11-21)30-22-12-8-5-9-13-22/h4-17,26-27,30H,3,18H2,1-2H3,(H,32,33). The number of para-hydroxylation sites is 1. The number of allylic oxidation sites excluding steroid dienone is 1. The average molecular weight is 485 g/mol. The lowest BCUT2D eigenvalue weighted by Crippen LogP contribution is -2.34. The first-order valence-corrected chi connectivity index (χ1v) is 11.8. The smallest absolute Gasteiger partial charge is 0.336 e. The highest BCUT2D eigenvalue weighted by Gasteiger charge is 2.47. The van der Waals surface area contributed by atoms with Crippen LogP contribution in [0.1, 0.15) is 31.0 Å². The van der Waals surface area contributed by atoms with E-state index in [0.29, 0.717) is 22.5 Å². The zero-order valence-corrected chi connectivity index (χ0v) is 20.2. The van der Waals surface area contributed by atoms with Crippen LogP contribution in [-0.2, 0) is 25.5 Å².